The molecule has 0 radical (unpaired) electrons. The molecule has 2 aliphatic heterocycles. The van der Waals surface area contributed by atoms with Crippen LogP contribution in [0.5, 0.6) is 0 Å². The minimum Gasteiger partial charge on any atom is -0.394 e. The summed E-state index contributed by atoms with van der Waals surface area (Å²) >= 11 is 0. The third kappa shape index (κ3) is 46.8. The first-order chi connectivity index (χ1) is 45.6. The molecule has 12 unspecified atom stereocenters. The van der Waals surface area contributed by atoms with Crippen molar-refractivity contribution in [2.45, 2.75) is 428 Å². The van der Waals surface area contributed by atoms with E-state index in [1.54, 1.807) is 6.08 Å². The SMILES string of the molecule is CCCCCCCCCC/C=C\CCCCCCCCCCCCCCCCCCCCCCCCCCCCCC(=O)NC(COC1OC(CO)C(OC2OC(CO)C(O)C(O)C2O)C(O)C1O)C(O)/C=C/CC/C=C/CC/C=C/CCCCCCCCCCCC. The first-order valence-corrected chi connectivity index (χ1v) is 39.4. The van der Waals surface area contributed by atoms with Gasteiger partial charge < -0.3 is 65.1 Å². The van der Waals surface area contributed by atoms with Crippen LogP contribution in [0, 0.1) is 0 Å². The molecule has 2 saturated heterocycles. The lowest BCUT2D eigenvalue weighted by Crippen LogP contribution is -2.65. The Morgan fingerprint density at radius 3 is 1.05 bits per heavy atom. The smallest absolute Gasteiger partial charge is 0.220 e. The Morgan fingerprint density at radius 1 is 0.376 bits per heavy atom. The quantitative estimate of drug-likeness (QED) is 0.0204. The maximum Gasteiger partial charge on any atom is 0.220 e. The molecule has 2 heterocycles. The maximum absolute atomic E-state index is 13.4. The summed E-state index contributed by atoms with van der Waals surface area (Å²) in [6.07, 6.45) is 67.8. The lowest BCUT2D eigenvalue weighted by atomic mass is 9.97. The third-order valence-corrected chi connectivity index (χ3v) is 19.2. The van der Waals surface area contributed by atoms with Crippen molar-refractivity contribution in [2.75, 3.05) is 19.8 Å². The molecule has 2 fully saturated rings. The van der Waals surface area contributed by atoms with Gasteiger partial charge in [-0.05, 0) is 70.6 Å². The first-order valence-electron chi connectivity index (χ1n) is 39.4. The lowest BCUT2D eigenvalue weighted by Gasteiger charge is -2.46. The molecule has 0 bridgehead atoms. The van der Waals surface area contributed by atoms with Crippen LogP contribution in [-0.4, -0.2) is 140 Å². The summed E-state index contributed by atoms with van der Waals surface area (Å²) in [4.78, 5) is 13.4. The molecule has 14 heteroatoms. The van der Waals surface area contributed by atoms with E-state index in [1.807, 2.05) is 6.08 Å². The fourth-order valence-corrected chi connectivity index (χ4v) is 13.0. The van der Waals surface area contributed by atoms with Crippen molar-refractivity contribution in [3.63, 3.8) is 0 Å². The second-order valence-corrected chi connectivity index (χ2v) is 27.8. The topological polar surface area (TPSA) is 228 Å². The average Bonchev–Trinajstić information content (AvgIpc) is 0.854. The molecule has 9 N–H and O–H groups in total. The molecule has 0 saturated carbocycles. The summed E-state index contributed by atoms with van der Waals surface area (Å²) in [6.45, 7) is 2.82. The van der Waals surface area contributed by atoms with E-state index in [9.17, 15) is 45.6 Å². The molecule has 0 aliphatic carbocycles. The number of ether oxygens (including phenoxy) is 4. The number of carbonyl (C=O) groups is 1. The summed E-state index contributed by atoms with van der Waals surface area (Å²) in [5, 5.41) is 87.5. The summed E-state index contributed by atoms with van der Waals surface area (Å²) in [6, 6.07) is -0.938. The van der Waals surface area contributed by atoms with Gasteiger partial charge in [0, 0.05) is 6.42 Å². The van der Waals surface area contributed by atoms with Crippen molar-refractivity contribution in [3.05, 3.63) is 48.6 Å². The average molecular weight is 1320 g/mol. The fourth-order valence-electron chi connectivity index (χ4n) is 13.0. The van der Waals surface area contributed by atoms with E-state index in [-0.39, 0.29) is 18.9 Å². The van der Waals surface area contributed by atoms with E-state index in [0.717, 1.165) is 44.9 Å². The van der Waals surface area contributed by atoms with Crippen LogP contribution in [0.15, 0.2) is 48.6 Å². The molecule has 0 spiro atoms. The zero-order chi connectivity index (χ0) is 67.3. The van der Waals surface area contributed by atoms with Crippen LogP contribution in [0.25, 0.3) is 0 Å². The largest absolute Gasteiger partial charge is 0.394 e. The highest BCUT2D eigenvalue weighted by atomic mass is 16.7. The van der Waals surface area contributed by atoms with E-state index >= 15 is 0 Å². The number of nitrogens with one attached hydrogen (secondary N) is 1. The van der Waals surface area contributed by atoms with Crippen molar-refractivity contribution in [3.8, 4) is 0 Å². The number of hydrogen-bond acceptors (Lipinski definition) is 13. The zero-order valence-electron chi connectivity index (χ0n) is 59.8. The summed E-state index contributed by atoms with van der Waals surface area (Å²) in [5.74, 6) is -0.247. The van der Waals surface area contributed by atoms with Crippen molar-refractivity contribution >= 4 is 5.91 Å². The predicted octanol–water partition coefficient (Wildman–Crippen LogP) is 17.4. The van der Waals surface area contributed by atoms with Gasteiger partial charge in [-0.25, -0.2) is 0 Å². The molecular weight excluding hydrogens is 1170 g/mol. The number of carbonyl (C=O) groups excluding carboxylic acids is 1. The number of amides is 1. The Morgan fingerprint density at radius 2 is 0.688 bits per heavy atom. The number of unbranched alkanes of at least 4 members (excludes halogenated alkanes) is 47. The van der Waals surface area contributed by atoms with Gasteiger partial charge in [-0.1, -0.05) is 326 Å². The summed E-state index contributed by atoms with van der Waals surface area (Å²) < 4.78 is 22.9. The normalized spacial score (nSPS) is 22.8. The molecule has 14 nitrogen and oxygen atoms in total. The lowest BCUT2D eigenvalue weighted by molar-refractivity contribution is -0.359. The summed E-state index contributed by atoms with van der Waals surface area (Å²) in [7, 11) is 0. The molecule has 93 heavy (non-hydrogen) atoms. The van der Waals surface area contributed by atoms with E-state index in [4.69, 9.17) is 18.9 Å². The van der Waals surface area contributed by atoms with E-state index < -0.39 is 86.8 Å². The summed E-state index contributed by atoms with van der Waals surface area (Å²) in [5.41, 5.74) is 0. The minimum atomic E-state index is -1.79. The van der Waals surface area contributed by atoms with Crippen molar-refractivity contribution in [2.24, 2.45) is 0 Å². The molecule has 2 rings (SSSR count). The fraction of sp³-hybridized carbons (Fsp3) is 0.886. The number of rotatable bonds is 66. The van der Waals surface area contributed by atoms with Gasteiger partial charge in [0.15, 0.2) is 12.6 Å². The van der Waals surface area contributed by atoms with Gasteiger partial charge >= 0.3 is 0 Å². The second-order valence-electron chi connectivity index (χ2n) is 27.8. The second kappa shape index (κ2) is 63.4. The van der Waals surface area contributed by atoms with Crippen molar-refractivity contribution < 1.29 is 64.6 Å². The van der Waals surface area contributed by atoms with Gasteiger partial charge in [-0.15, -0.1) is 0 Å². The van der Waals surface area contributed by atoms with Gasteiger partial charge in [0.1, 0.15) is 48.8 Å². The van der Waals surface area contributed by atoms with Crippen LogP contribution in [0.3, 0.4) is 0 Å². The Labute approximate surface area is 569 Å². The zero-order valence-corrected chi connectivity index (χ0v) is 59.8. The van der Waals surface area contributed by atoms with Gasteiger partial charge in [0.2, 0.25) is 5.91 Å². The molecule has 1 amide bonds. The standard InChI is InChI=1S/C79H147NO13/c1-3-5-7-9-11-13-15-17-19-21-23-25-26-27-28-29-30-31-32-33-34-35-36-37-38-39-40-41-42-43-45-47-49-51-53-55-57-59-61-63-71(84)80-67(68(83)62-60-58-56-54-52-50-48-46-44-24-22-20-18-16-14-12-10-8-6-4-2)66-90-78-76(89)74(87)77(70(65-82)92-78)93-79-75(88)73(86)72(85)69(64-81)91-79/h21,23,44,46,52,54,60,62,67-70,72-79,81-83,85-89H,3-20,22,24-43,45,47-51,53,55-59,61,63-66H2,1-2H3,(H,80,84)/b23-21-,46-44+,54-52+,62-60+. The van der Waals surface area contributed by atoms with Crippen LogP contribution < -0.4 is 5.32 Å². The predicted molar refractivity (Wildman–Crippen MR) is 383 cm³/mol. The van der Waals surface area contributed by atoms with Gasteiger partial charge in [-0.3, -0.25) is 4.79 Å². The number of allylic oxidation sites excluding steroid dienone is 7. The van der Waals surface area contributed by atoms with Gasteiger partial charge in [0.05, 0.1) is 32.0 Å². The molecule has 12 atom stereocenters. The maximum atomic E-state index is 13.4. The Hall–Kier alpha value is -2.05. The Bertz CT molecular complexity index is 1750. The van der Waals surface area contributed by atoms with E-state index in [2.05, 4.69) is 55.6 Å². The van der Waals surface area contributed by atoms with Gasteiger partial charge in [0.25, 0.3) is 0 Å². The molecule has 0 aromatic rings. The number of aliphatic hydroxyl groups excluding tert-OH is 8. The number of aliphatic hydroxyl groups is 8. The third-order valence-electron chi connectivity index (χ3n) is 19.2. The van der Waals surface area contributed by atoms with Crippen LogP contribution >= 0.6 is 0 Å². The van der Waals surface area contributed by atoms with E-state index in [0.29, 0.717) is 12.8 Å². The van der Waals surface area contributed by atoms with Crippen molar-refractivity contribution in [1.29, 1.82) is 0 Å². The monoisotopic (exact) mass is 1320 g/mol. The highest BCUT2D eigenvalue weighted by Crippen LogP contribution is 2.30. The molecule has 546 valence electrons. The van der Waals surface area contributed by atoms with Gasteiger partial charge in [-0.2, -0.15) is 0 Å². The minimum absolute atomic E-state index is 0.247. The Balaban J connectivity index is 1.58. The highest BCUT2D eigenvalue weighted by molar-refractivity contribution is 5.76. The molecule has 0 aromatic carbocycles. The molecule has 2 aliphatic rings. The van der Waals surface area contributed by atoms with Crippen molar-refractivity contribution in [1.82, 2.24) is 5.32 Å². The van der Waals surface area contributed by atoms with Crippen LogP contribution in [-0.2, 0) is 23.7 Å². The first kappa shape index (κ1) is 87.0. The highest BCUT2D eigenvalue weighted by Gasteiger charge is 2.51. The molecular formula is C79H147NO13. The van der Waals surface area contributed by atoms with Crippen LogP contribution in [0.1, 0.15) is 354 Å². The molecule has 0 aromatic heterocycles. The Kier molecular flexibility index (Phi) is 59.3. The van der Waals surface area contributed by atoms with Crippen LogP contribution in [0.4, 0.5) is 0 Å². The van der Waals surface area contributed by atoms with Crippen LogP contribution in [0.2, 0.25) is 0 Å². The van der Waals surface area contributed by atoms with E-state index in [1.165, 1.54) is 276 Å². The number of hydrogen-bond donors (Lipinski definition) is 9.